The number of hydrogen-bond donors (Lipinski definition) is 1. The maximum atomic E-state index is 9.82. The number of ether oxygens (including phenoxy) is 1. The van der Waals surface area contributed by atoms with Crippen molar-refractivity contribution in [3.8, 4) is 5.75 Å². The van der Waals surface area contributed by atoms with Gasteiger partial charge < -0.3 is 14.7 Å². The fourth-order valence-electron chi connectivity index (χ4n) is 1.94. The van der Waals surface area contributed by atoms with Gasteiger partial charge in [0.1, 0.15) is 11.6 Å². The molecular weight excluding hydrogens is 204 g/mol. The predicted octanol–water partition coefficient (Wildman–Crippen LogP) is 1.30. The summed E-state index contributed by atoms with van der Waals surface area (Å²) in [4.78, 5) is 6.44. The number of rotatable bonds is 2. The summed E-state index contributed by atoms with van der Waals surface area (Å²) in [6.07, 6.45) is 2.46. The first-order chi connectivity index (χ1) is 7.70. The summed E-state index contributed by atoms with van der Waals surface area (Å²) in [7, 11) is 1.63. The van der Waals surface area contributed by atoms with Crippen molar-refractivity contribution in [3.05, 3.63) is 18.3 Å². The second kappa shape index (κ2) is 4.70. The Hall–Kier alpha value is -1.29. The lowest BCUT2D eigenvalue weighted by Gasteiger charge is -2.35. The summed E-state index contributed by atoms with van der Waals surface area (Å²) in [5.74, 6) is 2.05. The highest BCUT2D eigenvalue weighted by molar-refractivity contribution is 5.41. The van der Waals surface area contributed by atoms with Gasteiger partial charge in [-0.25, -0.2) is 4.98 Å². The zero-order valence-corrected chi connectivity index (χ0v) is 9.76. The van der Waals surface area contributed by atoms with Crippen LogP contribution in [0, 0.1) is 5.92 Å². The number of pyridine rings is 1. The average Bonchev–Trinajstić information content (AvgIpc) is 2.33. The summed E-state index contributed by atoms with van der Waals surface area (Å²) in [6, 6.07) is 3.83. The van der Waals surface area contributed by atoms with Crippen molar-refractivity contribution in [3.63, 3.8) is 0 Å². The minimum Gasteiger partial charge on any atom is -0.495 e. The van der Waals surface area contributed by atoms with E-state index >= 15 is 0 Å². The zero-order chi connectivity index (χ0) is 11.5. The van der Waals surface area contributed by atoms with Crippen molar-refractivity contribution in [1.82, 2.24) is 4.98 Å². The largest absolute Gasteiger partial charge is 0.495 e. The number of aromatic nitrogens is 1. The summed E-state index contributed by atoms with van der Waals surface area (Å²) in [6.45, 7) is 3.71. The fraction of sp³-hybridized carbons (Fsp3) is 0.583. The maximum absolute atomic E-state index is 9.82. The van der Waals surface area contributed by atoms with Crippen LogP contribution in [0.1, 0.15) is 13.3 Å². The smallest absolute Gasteiger partial charge is 0.137 e. The lowest BCUT2D eigenvalue weighted by Crippen LogP contribution is -2.43. The first-order valence-corrected chi connectivity index (χ1v) is 5.63. The van der Waals surface area contributed by atoms with Crippen molar-refractivity contribution in [2.24, 2.45) is 5.92 Å². The number of methoxy groups -OCH3 is 1. The van der Waals surface area contributed by atoms with Crippen LogP contribution in [0.4, 0.5) is 5.82 Å². The summed E-state index contributed by atoms with van der Waals surface area (Å²) in [5, 5.41) is 9.82. The molecule has 16 heavy (non-hydrogen) atoms. The molecule has 0 spiro atoms. The zero-order valence-electron chi connectivity index (χ0n) is 9.76. The average molecular weight is 222 g/mol. The minimum atomic E-state index is -0.252. The lowest BCUT2D eigenvalue weighted by atomic mass is 9.96. The Morgan fingerprint density at radius 1 is 1.50 bits per heavy atom. The number of aliphatic hydroxyl groups excluding tert-OH is 1. The van der Waals surface area contributed by atoms with Crippen LogP contribution in [0.3, 0.4) is 0 Å². The predicted molar refractivity (Wildman–Crippen MR) is 62.8 cm³/mol. The molecule has 0 aromatic carbocycles. The van der Waals surface area contributed by atoms with Crippen molar-refractivity contribution in [1.29, 1.82) is 0 Å². The Morgan fingerprint density at radius 2 is 2.31 bits per heavy atom. The van der Waals surface area contributed by atoms with E-state index in [4.69, 9.17) is 4.74 Å². The van der Waals surface area contributed by atoms with E-state index in [1.807, 2.05) is 12.1 Å². The molecule has 4 heteroatoms. The number of piperidine rings is 1. The molecule has 0 amide bonds. The summed E-state index contributed by atoms with van der Waals surface area (Å²) >= 11 is 0. The normalized spacial score (nSPS) is 25.6. The molecule has 1 aromatic rings. The van der Waals surface area contributed by atoms with E-state index in [1.54, 1.807) is 13.3 Å². The fourth-order valence-corrected chi connectivity index (χ4v) is 1.94. The molecule has 88 valence electrons. The van der Waals surface area contributed by atoms with E-state index in [9.17, 15) is 5.11 Å². The van der Waals surface area contributed by atoms with Crippen LogP contribution in [0.5, 0.6) is 5.75 Å². The topological polar surface area (TPSA) is 45.6 Å². The molecule has 0 bridgehead atoms. The first-order valence-electron chi connectivity index (χ1n) is 5.63. The Kier molecular flexibility index (Phi) is 3.29. The Balaban J connectivity index is 2.06. The van der Waals surface area contributed by atoms with Gasteiger partial charge >= 0.3 is 0 Å². The van der Waals surface area contributed by atoms with Gasteiger partial charge in [0.15, 0.2) is 0 Å². The van der Waals surface area contributed by atoms with Gasteiger partial charge in [0.05, 0.1) is 19.4 Å². The van der Waals surface area contributed by atoms with E-state index < -0.39 is 0 Å². The molecule has 1 saturated heterocycles. The molecular formula is C12H18N2O2. The van der Waals surface area contributed by atoms with Gasteiger partial charge in [0, 0.05) is 13.1 Å². The Morgan fingerprint density at radius 3 is 2.88 bits per heavy atom. The SMILES string of the molecule is COc1ccc(N2CCC(C)C(O)C2)nc1. The van der Waals surface area contributed by atoms with Gasteiger partial charge in [-0.05, 0) is 24.5 Å². The number of nitrogens with zero attached hydrogens (tertiary/aromatic N) is 2. The van der Waals surface area contributed by atoms with Gasteiger partial charge in [-0.2, -0.15) is 0 Å². The monoisotopic (exact) mass is 222 g/mol. The van der Waals surface area contributed by atoms with E-state index in [0.29, 0.717) is 12.5 Å². The van der Waals surface area contributed by atoms with Gasteiger partial charge in [-0.1, -0.05) is 6.92 Å². The number of anilines is 1. The van der Waals surface area contributed by atoms with Crippen molar-refractivity contribution in [2.45, 2.75) is 19.4 Å². The second-order valence-corrected chi connectivity index (χ2v) is 4.34. The molecule has 1 aromatic heterocycles. The Bertz CT molecular complexity index is 339. The highest BCUT2D eigenvalue weighted by Gasteiger charge is 2.24. The van der Waals surface area contributed by atoms with E-state index in [-0.39, 0.29) is 6.10 Å². The van der Waals surface area contributed by atoms with E-state index in [0.717, 1.165) is 24.5 Å². The lowest BCUT2D eigenvalue weighted by molar-refractivity contribution is 0.102. The van der Waals surface area contributed by atoms with Gasteiger partial charge in [-0.15, -0.1) is 0 Å². The summed E-state index contributed by atoms with van der Waals surface area (Å²) in [5.41, 5.74) is 0. The molecule has 1 aliphatic rings. The summed E-state index contributed by atoms with van der Waals surface area (Å²) < 4.78 is 5.06. The quantitative estimate of drug-likeness (QED) is 0.819. The van der Waals surface area contributed by atoms with Crippen LogP contribution in [0.2, 0.25) is 0 Å². The van der Waals surface area contributed by atoms with Crippen LogP contribution in [0.15, 0.2) is 18.3 Å². The van der Waals surface area contributed by atoms with E-state index in [2.05, 4.69) is 16.8 Å². The molecule has 2 atom stereocenters. The molecule has 0 saturated carbocycles. The number of hydrogen-bond acceptors (Lipinski definition) is 4. The highest BCUT2D eigenvalue weighted by atomic mass is 16.5. The van der Waals surface area contributed by atoms with E-state index in [1.165, 1.54) is 0 Å². The maximum Gasteiger partial charge on any atom is 0.137 e. The second-order valence-electron chi connectivity index (χ2n) is 4.34. The molecule has 2 unspecified atom stereocenters. The Labute approximate surface area is 95.9 Å². The third kappa shape index (κ3) is 2.27. The third-order valence-corrected chi connectivity index (χ3v) is 3.20. The van der Waals surface area contributed by atoms with Gasteiger partial charge in [0.25, 0.3) is 0 Å². The minimum absolute atomic E-state index is 0.252. The number of aliphatic hydroxyl groups is 1. The number of β-amino-alcohol motifs (C(OH)–C–C–N with tert-alkyl or cyclic N) is 1. The first kappa shape index (κ1) is 11.2. The van der Waals surface area contributed by atoms with Crippen molar-refractivity contribution < 1.29 is 9.84 Å². The van der Waals surface area contributed by atoms with Crippen LogP contribution in [0.25, 0.3) is 0 Å². The molecule has 1 N–H and O–H groups in total. The van der Waals surface area contributed by atoms with Crippen molar-refractivity contribution in [2.75, 3.05) is 25.1 Å². The van der Waals surface area contributed by atoms with Crippen LogP contribution in [-0.2, 0) is 0 Å². The molecule has 0 radical (unpaired) electrons. The standard InChI is InChI=1S/C12H18N2O2/c1-9-5-6-14(8-11(9)15)12-4-3-10(16-2)7-13-12/h3-4,7,9,11,15H,5-6,8H2,1-2H3. The molecule has 1 aliphatic heterocycles. The molecule has 1 fully saturated rings. The van der Waals surface area contributed by atoms with Crippen molar-refractivity contribution >= 4 is 5.82 Å². The van der Waals surface area contributed by atoms with Crippen LogP contribution in [-0.4, -0.2) is 36.4 Å². The van der Waals surface area contributed by atoms with Gasteiger partial charge in [-0.3, -0.25) is 0 Å². The van der Waals surface area contributed by atoms with Crippen LogP contribution >= 0.6 is 0 Å². The molecule has 2 rings (SSSR count). The highest BCUT2D eigenvalue weighted by Crippen LogP contribution is 2.22. The molecule has 2 heterocycles. The van der Waals surface area contributed by atoms with Gasteiger partial charge in [0.2, 0.25) is 0 Å². The molecule has 4 nitrogen and oxygen atoms in total. The van der Waals surface area contributed by atoms with Crippen LogP contribution < -0.4 is 9.64 Å². The third-order valence-electron chi connectivity index (χ3n) is 3.20. The molecule has 0 aliphatic carbocycles.